The summed E-state index contributed by atoms with van der Waals surface area (Å²) in [5, 5.41) is 4.75. The van der Waals surface area contributed by atoms with Crippen molar-refractivity contribution in [3.63, 3.8) is 0 Å². The number of hydrogen-bond donors (Lipinski definition) is 1. The number of fused-ring (bicyclic) bond motifs is 1. The lowest BCUT2D eigenvalue weighted by Gasteiger charge is -2.31. The van der Waals surface area contributed by atoms with Crippen LogP contribution in [0.15, 0.2) is 59.7 Å². The van der Waals surface area contributed by atoms with E-state index in [-0.39, 0.29) is 15.6 Å². The number of rotatable bonds is 6. The number of halogens is 3. The van der Waals surface area contributed by atoms with Crippen LogP contribution in [0.25, 0.3) is 0 Å². The Kier molecular flexibility index (Phi) is 7.43. The first-order chi connectivity index (χ1) is 16.0. The first-order valence-corrected chi connectivity index (χ1v) is 11.6. The van der Waals surface area contributed by atoms with Gasteiger partial charge in [0.25, 0.3) is 5.91 Å². The van der Waals surface area contributed by atoms with Gasteiger partial charge in [-0.3, -0.25) is 4.79 Å². The zero-order chi connectivity index (χ0) is 23.4. The average molecular weight is 503 g/mol. The Bertz CT molecular complexity index is 1190. The Morgan fingerprint density at radius 3 is 2.64 bits per heavy atom. The first kappa shape index (κ1) is 23.4. The number of carbonyl (C=O) groups is 1. The van der Waals surface area contributed by atoms with Crippen LogP contribution in [0.3, 0.4) is 0 Å². The second-order valence-electron chi connectivity index (χ2n) is 7.67. The second-order valence-corrected chi connectivity index (χ2v) is 8.92. The minimum atomic E-state index is -0.517. The first-order valence-electron chi connectivity index (χ1n) is 10.4. The van der Waals surface area contributed by atoms with E-state index >= 15 is 0 Å². The number of hydrogen-bond acceptors (Lipinski definition) is 4. The monoisotopic (exact) mass is 501 g/mol. The number of amides is 1. The van der Waals surface area contributed by atoms with Gasteiger partial charge in [0.2, 0.25) is 0 Å². The van der Waals surface area contributed by atoms with Crippen LogP contribution >= 0.6 is 34.8 Å². The van der Waals surface area contributed by atoms with E-state index in [1.165, 1.54) is 23.4 Å². The van der Waals surface area contributed by atoms with Crippen LogP contribution in [0.4, 0.5) is 5.69 Å². The zero-order valence-electron chi connectivity index (χ0n) is 17.9. The summed E-state index contributed by atoms with van der Waals surface area (Å²) in [4.78, 5) is 14.8. The Morgan fingerprint density at radius 1 is 1.12 bits per heavy atom. The van der Waals surface area contributed by atoms with E-state index < -0.39 is 5.91 Å². The molecule has 1 aliphatic rings. The van der Waals surface area contributed by atoms with Gasteiger partial charge in [-0.15, -0.1) is 0 Å². The summed E-state index contributed by atoms with van der Waals surface area (Å²) in [5.74, 6) is 0.288. The van der Waals surface area contributed by atoms with Crippen molar-refractivity contribution in [1.82, 2.24) is 5.43 Å². The minimum Gasteiger partial charge on any atom is -0.496 e. The molecule has 0 unspecified atom stereocenters. The summed E-state index contributed by atoms with van der Waals surface area (Å²) >= 11 is 18.1. The number of hydrazone groups is 1. The zero-order valence-corrected chi connectivity index (χ0v) is 20.2. The molecule has 0 radical (unpaired) electrons. The van der Waals surface area contributed by atoms with Crippen LogP contribution in [0.1, 0.15) is 33.5 Å². The largest absolute Gasteiger partial charge is 0.496 e. The molecule has 170 valence electrons. The van der Waals surface area contributed by atoms with Crippen LogP contribution in [0.5, 0.6) is 5.75 Å². The molecule has 0 aliphatic carbocycles. The molecule has 0 aromatic heterocycles. The Balaban J connectivity index is 1.51. The molecule has 8 heteroatoms. The number of anilines is 1. The van der Waals surface area contributed by atoms with Gasteiger partial charge in [-0.2, -0.15) is 5.10 Å². The lowest BCUT2D eigenvalue weighted by Crippen LogP contribution is -2.29. The van der Waals surface area contributed by atoms with Crippen molar-refractivity contribution in [3.8, 4) is 5.75 Å². The summed E-state index contributed by atoms with van der Waals surface area (Å²) in [6, 6.07) is 17.2. The van der Waals surface area contributed by atoms with Gasteiger partial charge in [0.15, 0.2) is 0 Å². The molecule has 1 heterocycles. The highest BCUT2D eigenvalue weighted by molar-refractivity contribution is 6.42. The third-order valence-corrected chi connectivity index (χ3v) is 6.30. The van der Waals surface area contributed by atoms with Crippen molar-refractivity contribution >= 4 is 52.6 Å². The van der Waals surface area contributed by atoms with Gasteiger partial charge in [-0.1, -0.05) is 53.0 Å². The normalized spacial score (nSPS) is 13.2. The van der Waals surface area contributed by atoms with Crippen molar-refractivity contribution in [2.24, 2.45) is 5.10 Å². The molecule has 1 aliphatic heterocycles. The van der Waals surface area contributed by atoms with Crippen LogP contribution in [-0.2, 0) is 13.0 Å². The fourth-order valence-corrected chi connectivity index (χ4v) is 4.95. The molecule has 3 aromatic carbocycles. The van der Waals surface area contributed by atoms with Crippen molar-refractivity contribution in [1.29, 1.82) is 0 Å². The fourth-order valence-electron chi connectivity index (χ4n) is 3.96. The summed E-state index contributed by atoms with van der Waals surface area (Å²) in [6.07, 6.45) is 3.78. The molecule has 4 rings (SSSR count). The van der Waals surface area contributed by atoms with Gasteiger partial charge >= 0.3 is 0 Å². The number of benzene rings is 3. The summed E-state index contributed by atoms with van der Waals surface area (Å²) < 4.78 is 5.59. The molecule has 0 saturated carbocycles. The molecule has 3 aromatic rings. The van der Waals surface area contributed by atoms with Crippen LogP contribution < -0.4 is 15.1 Å². The standard InChI is InChI=1S/C25H22Cl3N3O2/c1-33-23-9-8-16(14-29-30-25(32)24-20(27)12-19(26)13-21(24)28)11-18(23)15-31-10-4-6-17-5-2-3-7-22(17)31/h2-3,5,7-9,11-14H,4,6,10,15H2,1H3,(H,30,32)/b29-14-. The van der Waals surface area contributed by atoms with Crippen molar-refractivity contribution < 1.29 is 9.53 Å². The number of nitrogens with one attached hydrogen (secondary N) is 1. The molecular weight excluding hydrogens is 481 g/mol. The lowest BCUT2D eigenvalue weighted by atomic mass is 10.0. The number of para-hydroxylation sites is 1. The molecule has 0 fully saturated rings. The molecule has 33 heavy (non-hydrogen) atoms. The maximum Gasteiger partial charge on any atom is 0.274 e. The van der Waals surface area contributed by atoms with Gasteiger partial charge in [0.1, 0.15) is 5.75 Å². The molecule has 1 amide bonds. The van der Waals surface area contributed by atoms with Crippen molar-refractivity contribution in [2.45, 2.75) is 19.4 Å². The predicted octanol–water partition coefficient (Wildman–Crippen LogP) is 6.37. The number of ether oxygens (including phenoxy) is 1. The van der Waals surface area contributed by atoms with Crippen LogP contribution in [-0.4, -0.2) is 25.8 Å². The lowest BCUT2D eigenvalue weighted by molar-refractivity contribution is 0.0955. The van der Waals surface area contributed by atoms with E-state index in [9.17, 15) is 4.79 Å². The van der Waals surface area contributed by atoms with Gasteiger partial charge < -0.3 is 9.64 Å². The summed E-state index contributed by atoms with van der Waals surface area (Å²) in [7, 11) is 1.66. The van der Waals surface area contributed by atoms with Crippen molar-refractivity contribution in [2.75, 3.05) is 18.6 Å². The Morgan fingerprint density at radius 2 is 1.88 bits per heavy atom. The molecule has 0 spiro atoms. The van der Waals surface area contributed by atoms with Gasteiger partial charge in [-0.25, -0.2) is 5.43 Å². The Hall–Kier alpha value is -2.73. The van der Waals surface area contributed by atoms with E-state index in [2.05, 4.69) is 39.7 Å². The summed E-state index contributed by atoms with van der Waals surface area (Å²) in [5.41, 5.74) is 7.07. The molecular formula is C25H22Cl3N3O2. The predicted molar refractivity (Wildman–Crippen MR) is 135 cm³/mol. The molecule has 0 atom stereocenters. The maximum atomic E-state index is 12.5. The number of methoxy groups -OCH3 is 1. The minimum absolute atomic E-state index is 0.124. The number of aryl methyl sites for hydroxylation is 1. The number of carbonyl (C=O) groups excluding carboxylic acids is 1. The van der Waals surface area contributed by atoms with E-state index in [0.717, 1.165) is 36.3 Å². The molecule has 1 N–H and O–H groups in total. The van der Waals surface area contributed by atoms with Crippen LogP contribution in [0.2, 0.25) is 15.1 Å². The third kappa shape index (κ3) is 5.44. The maximum absolute atomic E-state index is 12.5. The topological polar surface area (TPSA) is 53.9 Å². The SMILES string of the molecule is COc1ccc(/C=N\NC(=O)c2c(Cl)cc(Cl)cc2Cl)cc1CN1CCCc2ccccc21. The van der Waals surface area contributed by atoms with E-state index in [0.29, 0.717) is 11.6 Å². The summed E-state index contributed by atoms with van der Waals surface area (Å²) in [6.45, 7) is 1.70. The molecule has 5 nitrogen and oxygen atoms in total. The highest BCUT2D eigenvalue weighted by Gasteiger charge is 2.18. The highest BCUT2D eigenvalue weighted by atomic mass is 35.5. The smallest absolute Gasteiger partial charge is 0.274 e. The molecule has 0 bridgehead atoms. The van der Waals surface area contributed by atoms with E-state index in [1.54, 1.807) is 13.3 Å². The van der Waals surface area contributed by atoms with Gasteiger partial charge in [0, 0.05) is 29.4 Å². The average Bonchev–Trinajstić information content (AvgIpc) is 2.79. The second kappa shape index (κ2) is 10.5. The van der Waals surface area contributed by atoms with E-state index in [4.69, 9.17) is 39.5 Å². The van der Waals surface area contributed by atoms with E-state index in [1.807, 2.05) is 18.2 Å². The fraction of sp³-hybridized carbons (Fsp3) is 0.200. The third-order valence-electron chi connectivity index (χ3n) is 5.49. The number of nitrogens with zero attached hydrogens (tertiary/aromatic N) is 2. The highest BCUT2D eigenvalue weighted by Crippen LogP contribution is 2.31. The molecule has 0 saturated heterocycles. The van der Waals surface area contributed by atoms with Gasteiger partial charge in [0.05, 0.1) is 28.9 Å². The van der Waals surface area contributed by atoms with Gasteiger partial charge in [-0.05, 0) is 60.4 Å². The quantitative estimate of drug-likeness (QED) is 0.315. The van der Waals surface area contributed by atoms with Crippen molar-refractivity contribution in [3.05, 3.63) is 91.9 Å². The van der Waals surface area contributed by atoms with Crippen LogP contribution in [0, 0.1) is 0 Å². The Labute approximate surface area is 207 Å².